The van der Waals surface area contributed by atoms with Gasteiger partial charge < -0.3 is 33.8 Å². The van der Waals surface area contributed by atoms with E-state index in [9.17, 15) is 43.2 Å². The summed E-state index contributed by atoms with van der Waals surface area (Å²) in [7, 11) is -9.94. The lowest BCUT2D eigenvalue weighted by Crippen LogP contribution is -2.30. The second kappa shape index (κ2) is 83.1. The quantitative estimate of drug-likeness (QED) is 0.0222. The third-order valence-electron chi connectivity index (χ3n) is 21.7. The molecule has 0 fully saturated rings. The molecule has 0 radical (unpaired) electrons. The summed E-state index contributed by atoms with van der Waals surface area (Å²) in [6.45, 7) is 9.77. The number of hydrogen-bond acceptors (Lipinski definition) is 15. The third kappa shape index (κ3) is 85.8. The van der Waals surface area contributed by atoms with Gasteiger partial charge in [0.05, 0.1) is 26.4 Å². The first-order valence-corrected chi connectivity index (χ1v) is 50.5. The molecule has 111 heavy (non-hydrogen) atoms. The Bertz CT molecular complexity index is 2120. The van der Waals surface area contributed by atoms with Crippen LogP contribution < -0.4 is 0 Å². The lowest BCUT2D eigenvalue weighted by atomic mass is 10.0. The van der Waals surface area contributed by atoms with Crippen molar-refractivity contribution in [2.75, 3.05) is 39.6 Å². The van der Waals surface area contributed by atoms with Gasteiger partial charge in [-0.2, -0.15) is 0 Å². The summed E-state index contributed by atoms with van der Waals surface area (Å²) < 4.78 is 69.1. The van der Waals surface area contributed by atoms with Crippen molar-refractivity contribution in [2.45, 2.75) is 516 Å². The maximum atomic E-state index is 13.2. The molecular weight excluding hydrogens is 1440 g/mol. The molecule has 5 atom stereocenters. The standard InChI is InChI=1S/C92H180O17P2/c1-7-9-11-13-15-17-19-21-22-23-24-25-26-30-33-39-45-51-57-63-69-75-90(95)103-81-88(109-91(96)76-70-64-58-52-46-40-34-31-28-27-29-32-37-42-48-54-60-66-72-84(3)4)83-107-111(100,101)105-79-86(93)78-104-110(98,99)106-82-87(80-102-89(94)74-68-62-56-50-44-20-18-16-14-12-10-8-2)108-92(97)77-71-65-59-53-47-41-36-35-38-43-49-55-61-67-73-85(5)6/h84-88,93H,7-83H2,1-6H3,(H,98,99)(H,100,101)/t86-,87+,88+/m0/s1. The van der Waals surface area contributed by atoms with E-state index in [4.69, 9.17) is 37.0 Å². The highest BCUT2D eigenvalue weighted by molar-refractivity contribution is 7.47. The summed E-state index contributed by atoms with van der Waals surface area (Å²) in [5, 5.41) is 10.7. The van der Waals surface area contributed by atoms with Gasteiger partial charge >= 0.3 is 39.5 Å². The Morgan fingerprint density at radius 2 is 0.414 bits per heavy atom. The van der Waals surface area contributed by atoms with Crippen molar-refractivity contribution in [3.63, 3.8) is 0 Å². The van der Waals surface area contributed by atoms with Crippen molar-refractivity contribution in [3.05, 3.63) is 0 Å². The normalized spacial score (nSPS) is 13.7. The number of aliphatic hydroxyl groups is 1. The van der Waals surface area contributed by atoms with Crippen LogP contribution in [0.3, 0.4) is 0 Å². The van der Waals surface area contributed by atoms with Crippen LogP contribution in [-0.2, 0) is 65.4 Å². The van der Waals surface area contributed by atoms with Crippen LogP contribution in [0.25, 0.3) is 0 Å². The molecule has 17 nitrogen and oxygen atoms in total. The van der Waals surface area contributed by atoms with Crippen molar-refractivity contribution in [1.82, 2.24) is 0 Å². The zero-order valence-electron chi connectivity index (χ0n) is 73.3. The summed E-state index contributed by atoms with van der Waals surface area (Å²) in [6, 6.07) is 0. The Balaban J connectivity index is 5.24. The molecule has 0 bridgehead atoms. The van der Waals surface area contributed by atoms with Gasteiger partial charge in [-0.1, -0.05) is 446 Å². The molecule has 0 saturated carbocycles. The van der Waals surface area contributed by atoms with Crippen molar-refractivity contribution in [1.29, 1.82) is 0 Å². The monoisotopic (exact) mass is 1620 g/mol. The van der Waals surface area contributed by atoms with E-state index in [-0.39, 0.29) is 25.7 Å². The average molecular weight is 1620 g/mol. The Kier molecular flexibility index (Phi) is 81.7. The Morgan fingerprint density at radius 1 is 0.243 bits per heavy atom. The van der Waals surface area contributed by atoms with E-state index < -0.39 is 97.5 Å². The maximum absolute atomic E-state index is 13.2. The van der Waals surface area contributed by atoms with E-state index in [2.05, 4.69) is 41.5 Å². The molecule has 0 amide bonds. The predicted octanol–water partition coefficient (Wildman–Crippen LogP) is 28.6. The van der Waals surface area contributed by atoms with E-state index in [1.54, 1.807) is 0 Å². The Hall–Kier alpha value is -1.94. The number of aliphatic hydroxyl groups excluding tert-OH is 1. The molecular formula is C92H180O17P2. The number of phosphoric acid groups is 2. The minimum absolute atomic E-state index is 0.108. The van der Waals surface area contributed by atoms with Crippen LogP contribution in [0, 0.1) is 11.8 Å². The van der Waals surface area contributed by atoms with Gasteiger partial charge in [0.2, 0.25) is 0 Å². The summed E-state index contributed by atoms with van der Waals surface area (Å²) in [4.78, 5) is 73.5. The summed E-state index contributed by atoms with van der Waals surface area (Å²) in [5.41, 5.74) is 0. The van der Waals surface area contributed by atoms with Crippen LogP contribution in [0.5, 0.6) is 0 Å². The molecule has 0 spiro atoms. The Morgan fingerprint density at radius 3 is 0.613 bits per heavy atom. The highest BCUT2D eigenvalue weighted by Crippen LogP contribution is 2.45. The summed E-state index contributed by atoms with van der Waals surface area (Å²) >= 11 is 0. The van der Waals surface area contributed by atoms with Crippen molar-refractivity contribution in [2.24, 2.45) is 11.8 Å². The van der Waals surface area contributed by atoms with Gasteiger partial charge in [0.15, 0.2) is 12.2 Å². The average Bonchev–Trinajstić information content (AvgIpc) is 0.899. The minimum Gasteiger partial charge on any atom is -0.462 e. The lowest BCUT2D eigenvalue weighted by molar-refractivity contribution is -0.161. The zero-order chi connectivity index (χ0) is 81.3. The van der Waals surface area contributed by atoms with Gasteiger partial charge in [-0.3, -0.25) is 37.3 Å². The van der Waals surface area contributed by atoms with Gasteiger partial charge in [0.1, 0.15) is 19.3 Å². The second-order valence-corrected chi connectivity index (χ2v) is 36.9. The highest BCUT2D eigenvalue weighted by Gasteiger charge is 2.31. The number of esters is 4. The lowest BCUT2D eigenvalue weighted by Gasteiger charge is -2.21. The molecule has 0 aliphatic heterocycles. The molecule has 0 rings (SSSR count). The number of ether oxygens (including phenoxy) is 4. The SMILES string of the molecule is CCCCCCCCCCCCCCCCCCCCCCCC(=O)OC[C@H](COP(=O)(O)OC[C@@H](O)COP(=O)(O)OC[C@@H](COC(=O)CCCCCCCCCCCCCC)OC(=O)CCCCCCCCCCCCCCCCC(C)C)OC(=O)CCCCCCCCCCCCCCCCCCCCC(C)C. The first-order valence-electron chi connectivity index (χ1n) is 47.5. The molecule has 3 N–H and O–H groups in total. The molecule has 19 heteroatoms. The van der Waals surface area contributed by atoms with Crippen LogP contribution in [-0.4, -0.2) is 96.7 Å². The first-order chi connectivity index (χ1) is 53.9. The fourth-order valence-corrected chi connectivity index (χ4v) is 16.1. The molecule has 0 aromatic rings. The zero-order valence-corrected chi connectivity index (χ0v) is 75.1. The van der Waals surface area contributed by atoms with Crippen LogP contribution >= 0.6 is 15.6 Å². The van der Waals surface area contributed by atoms with E-state index in [0.29, 0.717) is 25.7 Å². The van der Waals surface area contributed by atoms with Crippen LogP contribution in [0.2, 0.25) is 0 Å². The minimum atomic E-state index is -4.97. The highest BCUT2D eigenvalue weighted by atomic mass is 31.2. The van der Waals surface area contributed by atoms with E-state index >= 15 is 0 Å². The molecule has 0 saturated heterocycles. The molecule has 0 aromatic carbocycles. The summed E-state index contributed by atoms with van der Waals surface area (Å²) in [6.07, 6.45) is 77.8. The number of unbranched alkanes of at least 4 members (excludes halogenated alkanes) is 61. The number of rotatable bonds is 91. The van der Waals surface area contributed by atoms with Crippen LogP contribution in [0.15, 0.2) is 0 Å². The third-order valence-corrected chi connectivity index (χ3v) is 23.6. The molecule has 0 aliphatic rings. The van der Waals surface area contributed by atoms with Gasteiger partial charge in [0.25, 0.3) is 0 Å². The van der Waals surface area contributed by atoms with E-state index in [1.165, 1.54) is 315 Å². The smallest absolute Gasteiger partial charge is 0.462 e. The van der Waals surface area contributed by atoms with Crippen LogP contribution in [0.4, 0.5) is 0 Å². The molecule has 2 unspecified atom stereocenters. The van der Waals surface area contributed by atoms with Gasteiger partial charge in [-0.05, 0) is 37.5 Å². The number of carbonyl (C=O) groups is 4. The van der Waals surface area contributed by atoms with Gasteiger partial charge in [-0.25, -0.2) is 9.13 Å². The Labute approximate surface area is 683 Å². The summed E-state index contributed by atoms with van der Waals surface area (Å²) in [5.74, 6) is -0.478. The van der Waals surface area contributed by atoms with E-state index in [0.717, 1.165) is 102 Å². The number of phosphoric ester groups is 2. The largest absolute Gasteiger partial charge is 0.472 e. The number of carbonyl (C=O) groups excluding carboxylic acids is 4. The van der Waals surface area contributed by atoms with Crippen LogP contribution in [0.1, 0.15) is 497 Å². The topological polar surface area (TPSA) is 237 Å². The van der Waals surface area contributed by atoms with E-state index in [1.807, 2.05) is 0 Å². The molecule has 0 aliphatic carbocycles. The van der Waals surface area contributed by atoms with Gasteiger partial charge in [0, 0.05) is 25.7 Å². The van der Waals surface area contributed by atoms with Crippen molar-refractivity contribution in [3.8, 4) is 0 Å². The predicted molar refractivity (Wildman–Crippen MR) is 460 cm³/mol. The van der Waals surface area contributed by atoms with Crippen molar-refractivity contribution >= 4 is 39.5 Å². The molecule has 0 heterocycles. The maximum Gasteiger partial charge on any atom is 0.472 e. The molecule has 0 aromatic heterocycles. The number of hydrogen-bond donors (Lipinski definition) is 3. The fourth-order valence-electron chi connectivity index (χ4n) is 14.5. The van der Waals surface area contributed by atoms with Gasteiger partial charge in [-0.15, -0.1) is 0 Å². The first kappa shape index (κ1) is 109. The van der Waals surface area contributed by atoms with Crippen molar-refractivity contribution < 1.29 is 80.2 Å². The molecule has 660 valence electrons. The second-order valence-electron chi connectivity index (χ2n) is 34.0. The fraction of sp³-hybridized carbons (Fsp3) is 0.957.